The Balaban J connectivity index is 3.16. The smallest absolute Gasteiger partial charge is 0.353 e. The lowest BCUT2D eigenvalue weighted by molar-refractivity contribution is -0.533. The molecule has 1 amide bonds. The maximum absolute atomic E-state index is 13.0. The molecule has 0 fully saturated rings. The molecule has 0 radical (unpaired) electrons. The zero-order valence-electron chi connectivity index (χ0n) is 16.3. The van der Waals surface area contributed by atoms with E-state index in [1.807, 2.05) is 13.8 Å². The van der Waals surface area contributed by atoms with Crippen LogP contribution >= 0.6 is 7.60 Å². The summed E-state index contributed by atoms with van der Waals surface area (Å²) in [4.78, 5) is 23.0. The first kappa shape index (κ1) is 22.8. The van der Waals surface area contributed by atoms with Gasteiger partial charge in [0.2, 0.25) is 11.9 Å². The zero-order valence-corrected chi connectivity index (χ0v) is 17.2. The molecule has 0 unspecified atom stereocenters. The Morgan fingerprint density at radius 1 is 1.38 bits per heavy atom. The minimum Gasteiger partial charge on any atom is -0.353 e. The second-order valence-corrected chi connectivity index (χ2v) is 9.01. The molecule has 3 atom stereocenters. The summed E-state index contributed by atoms with van der Waals surface area (Å²) in [7, 11) is -3.51. The number of rotatable bonds is 10. The highest BCUT2D eigenvalue weighted by atomic mass is 31.2. The third kappa shape index (κ3) is 6.18. The fraction of sp³-hybridized carbons (Fsp3) is 0.824. The van der Waals surface area contributed by atoms with Gasteiger partial charge in [-0.15, -0.1) is 0 Å². The van der Waals surface area contributed by atoms with E-state index in [0.717, 1.165) is 0 Å². The molecule has 0 bridgehead atoms. The molecule has 8 nitrogen and oxygen atoms in total. The quantitative estimate of drug-likeness (QED) is 0.346. The molecular weight excluding hydrogens is 359 g/mol. The Morgan fingerprint density at radius 3 is 2.38 bits per heavy atom. The average Bonchev–Trinajstić information content (AvgIpc) is 2.53. The summed E-state index contributed by atoms with van der Waals surface area (Å²) < 4.78 is 23.6. The predicted molar refractivity (Wildman–Crippen MR) is 99.5 cm³/mol. The van der Waals surface area contributed by atoms with Gasteiger partial charge in [0.25, 0.3) is 0 Å². The van der Waals surface area contributed by atoms with Crippen molar-refractivity contribution in [3.8, 4) is 0 Å². The van der Waals surface area contributed by atoms with Crippen LogP contribution in [0.1, 0.15) is 53.9 Å². The minimum absolute atomic E-state index is 0.00310. The van der Waals surface area contributed by atoms with E-state index in [4.69, 9.17) is 9.05 Å². The Labute approximate surface area is 155 Å². The zero-order chi connectivity index (χ0) is 19.9. The maximum atomic E-state index is 13.0. The molecule has 0 saturated heterocycles. The minimum atomic E-state index is -3.51. The van der Waals surface area contributed by atoms with Crippen LogP contribution < -0.4 is 5.32 Å². The lowest BCUT2D eigenvalue weighted by atomic mass is 9.80. The van der Waals surface area contributed by atoms with Crippen molar-refractivity contribution in [2.75, 3.05) is 13.2 Å². The van der Waals surface area contributed by atoms with Gasteiger partial charge in [-0.25, -0.2) is 0 Å². The van der Waals surface area contributed by atoms with Crippen molar-refractivity contribution in [2.45, 2.75) is 66.0 Å². The number of carbonyl (C=O) groups excluding carboxylic acids is 1. The number of allylic oxidation sites excluding steroid dienone is 1. The Kier molecular flexibility index (Phi) is 8.93. The number of nitrogens with zero attached hydrogens (tertiary/aromatic N) is 1. The van der Waals surface area contributed by atoms with Crippen molar-refractivity contribution in [3.63, 3.8) is 0 Å². The molecule has 0 heterocycles. The monoisotopic (exact) mass is 390 g/mol. The van der Waals surface area contributed by atoms with Crippen molar-refractivity contribution in [1.29, 1.82) is 0 Å². The van der Waals surface area contributed by atoms with Crippen LogP contribution in [0.5, 0.6) is 0 Å². The lowest BCUT2D eigenvalue weighted by Crippen LogP contribution is -2.48. The van der Waals surface area contributed by atoms with Gasteiger partial charge in [0.05, 0.1) is 19.1 Å². The van der Waals surface area contributed by atoms with Crippen LogP contribution in [0.25, 0.3) is 0 Å². The summed E-state index contributed by atoms with van der Waals surface area (Å²) >= 11 is 0. The Morgan fingerprint density at radius 2 is 1.96 bits per heavy atom. The second-order valence-electron chi connectivity index (χ2n) is 6.92. The molecule has 0 aromatic heterocycles. The van der Waals surface area contributed by atoms with E-state index in [1.165, 1.54) is 6.92 Å². The SMILES string of the molecule is CCOP(=O)(OCC)C1=CC[C@H]([C@H](CC(C)C)NC(C)=O)[C@@H]([N+](=O)[O-])C1. The molecule has 0 aromatic carbocycles. The molecular formula is C17H31N2O6P. The van der Waals surface area contributed by atoms with Crippen LogP contribution in [-0.2, 0) is 18.4 Å². The van der Waals surface area contributed by atoms with Crippen LogP contribution in [0.2, 0.25) is 0 Å². The molecule has 0 aromatic rings. The molecule has 0 saturated carbocycles. The summed E-state index contributed by atoms with van der Waals surface area (Å²) in [6.45, 7) is 9.25. The fourth-order valence-corrected chi connectivity index (χ4v) is 5.24. The first-order valence-corrected chi connectivity index (χ1v) is 10.7. The fourth-order valence-electron chi connectivity index (χ4n) is 3.42. The predicted octanol–water partition coefficient (Wildman–Crippen LogP) is 3.74. The summed E-state index contributed by atoms with van der Waals surface area (Å²) in [6.07, 6.45) is 2.74. The highest BCUT2D eigenvalue weighted by molar-refractivity contribution is 7.58. The van der Waals surface area contributed by atoms with Gasteiger partial charge < -0.3 is 14.4 Å². The molecule has 1 aliphatic rings. The van der Waals surface area contributed by atoms with Gasteiger partial charge in [0.15, 0.2) is 0 Å². The van der Waals surface area contributed by atoms with Crippen molar-refractivity contribution in [3.05, 3.63) is 21.5 Å². The van der Waals surface area contributed by atoms with Crippen LogP contribution in [-0.4, -0.2) is 36.1 Å². The van der Waals surface area contributed by atoms with Gasteiger partial charge in [-0.3, -0.25) is 19.5 Å². The van der Waals surface area contributed by atoms with Gasteiger partial charge in [0.1, 0.15) is 0 Å². The molecule has 0 spiro atoms. The van der Waals surface area contributed by atoms with E-state index >= 15 is 0 Å². The van der Waals surface area contributed by atoms with Crippen molar-refractivity contribution >= 4 is 13.5 Å². The van der Waals surface area contributed by atoms with E-state index < -0.39 is 13.6 Å². The van der Waals surface area contributed by atoms with Crippen LogP contribution in [0.3, 0.4) is 0 Å². The van der Waals surface area contributed by atoms with Gasteiger partial charge in [-0.05, 0) is 32.6 Å². The number of nitro groups is 1. The van der Waals surface area contributed by atoms with Crippen LogP contribution in [0.4, 0.5) is 0 Å². The van der Waals surface area contributed by atoms with Crippen molar-refractivity contribution in [2.24, 2.45) is 11.8 Å². The molecule has 0 aliphatic heterocycles. The van der Waals surface area contributed by atoms with E-state index in [1.54, 1.807) is 19.9 Å². The van der Waals surface area contributed by atoms with E-state index in [2.05, 4.69) is 5.32 Å². The van der Waals surface area contributed by atoms with E-state index in [0.29, 0.717) is 18.2 Å². The summed E-state index contributed by atoms with van der Waals surface area (Å²) in [5, 5.41) is 15.0. The van der Waals surface area contributed by atoms with E-state index in [9.17, 15) is 19.5 Å². The van der Waals surface area contributed by atoms with Crippen LogP contribution in [0.15, 0.2) is 11.4 Å². The number of nitrogens with one attached hydrogen (secondary N) is 1. The average molecular weight is 390 g/mol. The lowest BCUT2D eigenvalue weighted by Gasteiger charge is -2.34. The topological polar surface area (TPSA) is 108 Å². The summed E-state index contributed by atoms with van der Waals surface area (Å²) in [5.74, 6) is -0.291. The largest absolute Gasteiger partial charge is 0.357 e. The first-order chi connectivity index (χ1) is 12.1. The number of hydrogen-bond acceptors (Lipinski definition) is 6. The normalized spacial score (nSPS) is 22.0. The Bertz CT molecular complexity index is 568. The molecule has 1 N–H and O–H groups in total. The first-order valence-electron chi connectivity index (χ1n) is 9.13. The van der Waals surface area contributed by atoms with Gasteiger partial charge >= 0.3 is 7.60 Å². The van der Waals surface area contributed by atoms with Crippen molar-refractivity contribution in [1.82, 2.24) is 5.32 Å². The second kappa shape index (κ2) is 10.2. The summed E-state index contributed by atoms with van der Waals surface area (Å²) in [5.41, 5.74) is 0. The third-order valence-electron chi connectivity index (χ3n) is 4.39. The van der Waals surface area contributed by atoms with Crippen molar-refractivity contribution < 1.29 is 23.3 Å². The molecule has 9 heteroatoms. The summed E-state index contributed by atoms with van der Waals surface area (Å²) in [6, 6.07) is -1.25. The number of amides is 1. The van der Waals surface area contributed by atoms with Gasteiger partial charge in [-0.1, -0.05) is 19.9 Å². The standard InChI is InChI=1S/C17H31N2O6P/c1-6-24-26(23,25-7-2)14-8-9-15(17(11-14)19(21)22)16(10-12(3)4)18-13(5)20/h8,12,15-17H,6-7,9-11H2,1-5H3,(H,18,20)/t15-,16+,17+/m1/s1. The molecule has 1 rings (SSSR count). The van der Waals surface area contributed by atoms with Gasteiger partial charge in [0, 0.05) is 29.6 Å². The molecule has 1 aliphatic carbocycles. The number of hydrogen-bond donors (Lipinski definition) is 1. The van der Waals surface area contributed by atoms with E-state index in [-0.39, 0.29) is 48.3 Å². The van der Waals surface area contributed by atoms with Crippen LogP contribution in [0, 0.1) is 22.0 Å². The highest BCUT2D eigenvalue weighted by Gasteiger charge is 2.45. The highest BCUT2D eigenvalue weighted by Crippen LogP contribution is 2.59. The van der Waals surface area contributed by atoms with Gasteiger partial charge in [-0.2, -0.15) is 0 Å². The Hall–Kier alpha value is -1.24. The molecule has 26 heavy (non-hydrogen) atoms. The molecule has 150 valence electrons. The maximum Gasteiger partial charge on any atom is 0.357 e. The number of carbonyl (C=O) groups is 1. The third-order valence-corrected chi connectivity index (χ3v) is 6.65.